The molecule has 3 saturated heterocycles. The highest BCUT2D eigenvalue weighted by atomic mass is 19.1. The highest BCUT2D eigenvalue weighted by molar-refractivity contribution is 6.23. The van der Waals surface area contributed by atoms with Gasteiger partial charge in [-0.3, -0.25) is 34.3 Å². The summed E-state index contributed by atoms with van der Waals surface area (Å²) in [5.41, 5.74) is 3.77. The summed E-state index contributed by atoms with van der Waals surface area (Å²) in [6.07, 6.45) is 4.27. The van der Waals surface area contributed by atoms with E-state index in [1.165, 1.54) is 6.07 Å². The van der Waals surface area contributed by atoms with Crippen LogP contribution in [0, 0.1) is 11.7 Å². The molecule has 0 saturated carbocycles. The van der Waals surface area contributed by atoms with Crippen molar-refractivity contribution in [1.29, 1.82) is 0 Å². The zero-order valence-corrected chi connectivity index (χ0v) is 35.3. The molecule has 5 N–H and O–H groups in total. The number of urea groups is 1. The van der Waals surface area contributed by atoms with Gasteiger partial charge in [-0.25, -0.2) is 14.2 Å². The number of anilines is 4. The molecule has 0 radical (unpaired) electrons. The van der Waals surface area contributed by atoms with E-state index in [1.54, 1.807) is 4.52 Å². The number of piperazine rings is 1. The lowest BCUT2D eigenvalue weighted by atomic mass is 9.95. The van der Waals surface area contributed by atoms with Crippen molar-refractivity contribution in [3.05, 3.63) is 76.7 Å². The molecule has 2 atom stereocenters. The quantitative estimate of drug-likeness (QED) is 0.120. The first-order valence-electron chi connectivity index (χ1n) is 21.6. The van der Waals surface area contributed by atoms with E-state index < -0.39 is 35.5 Å². The van der Waals surface area contributed by atoms with Crippen LogP contribution in [0.1, 0.15) is 90.6 Å². The number of nitrogens with zero attached hydrogens (tertiary/aromatic N) is 7. The van der Waals surface area contributed by atoms with Crippen LogP contribution in [0.15, 0.2) is 48.7 Å². The smallest absolute Gasteiger partial charge is 0.321 e. The van der Waals surface area contributed by atoms with Gasteiger partial charge < -0.3 is 30.9 Å². The fourth-order valence-corrected chi connectivity index (χ4v) is 8.75. The fraction of sp³-hybridized carbons (Fsp3) is 0.477. The molecule has 62 heavy (non-hydrogen) atoms. The summed E-state index contributed by atoms with van der Waals surface area (Å²) in [5.74, 6) is -1.09. The first-order chi connectivity index (χ1) is 29.9. The molecule has 8 rings (SSSR count). The van der Waals surface area contributed by atoms with Gasteiger partial charge in [-0.2, -0.15) is 9.61 Å². The summed E-state index contributed by atoms with van der Waals surface area (Å²) in [6.45, 7) is 11.4. The third-order valence-corrected chi connectivity index (χ3v) is 12.5. The van der Waals surface area contributed by atoms with E-state index in [9.17, 15) is 29.1 Å². The summed E-state index contributed by atoms with van der Waals surface area (Å²) >= 11 is 0. The number of halogens is 1. The van der Waals surface area contributed by atoms with Crippen molar-refractivity contribution in [3.63, 3.8) is 0 Å². The Morgan fingerprint density at radius 3 is 2.32 bits per heavy atom. The van der Waals surface area contributed by atoms with Gasteiger partial charge in [-0.05, 0) is 67.3 Å². The van der Waals surface area contributed by atoms with E-state index in [2.05, 4.69) is 45.1 Å². The third kappa shape index (κ3) is 8.79. The van der Waals surface area contributed by atoms with Crippen LogP contribution in [-0.4, -0.2) is 129 Å². The highest BCUT2D eigenvalue weighted by Crippen LogP contribution is 2.34. The van der Waals surface area contributed by atoms with Crippen LogP contribution < -0.4 is 26.2 Å². The van der Waals surface area contributed by atoms with E-state index in [1.807, 2.05) is 53.3 Å². The first kappa shape index (κ1) is 42.5. The molecule has 328 valence electrons. The molecule has 4 aliphatic rings. The maximum Gasteiger partial charge on any atom is 0.321 e. The zero-order valence-electron chi connectivity index (χ0n) is 35.3. The number of hydrogen-bond donors (Lipinski definition) is 5. The Balaban J connectivity index is 0.792. The molecule has 0 bridgehead atoms. The van der Waals surface area contributed by atoms with Gasteiger partial charge in [-0.15, -0.1) is 0 Å². The molecule has 18 heteroatoms. The number of rotatable bonds is 13. The van der Waals surface area contributed by atoms with E-state index in [0.717, 1.165) is 72.5 Å². The molecule has 0 aliphatic carbocycles. The largest absolute Gasteiger partial charge is 0.394 e. The molecule has 6 amide bonds. The van der Waals surface area contributed by atoms with E-state index in [-0.39, 0.29) is 54.3 Å². The van der Waals surface area contributed by atoms with Gasteiger partial charge in [0.05, 0.1) is 35.7 Å². The minimum absolute atomic E-state index is 0.00385. The summed E-state index contributed by atoms with van der Waals surface area (Å²) in [7, 11) is 0. The van der Waals surface area contributed by atoms with Crippen molar-refractivity contribution in [2.75, 3.05) is 73.3 Å². The van der Waals surface area contributed by atoms with Crippen molar-refractivity contribution >= 4 is 58.3 Å². The zero-order chi connectivity index (χ0) is 43.7. The molecular weight excluding hydrogens is 798 g/mol. The summed E-state index contributed by atoms with van der Waals surface area (Å²) in [4.78, 5) is 75.5. The average Bonchev–Trinajstić information content (AvgIpc) is 3.80. The van der Waals surface area contributed by atoms with Crippen LogP contribution in [-0.2, 0) is 16.1 Å². The van der Waals surface area contributed by atoms with Gasteiger partial charge in [0.2, 0.25) is 11.8 Å². The number of nitrogens with one attached hydrogen (secondary N) is 4. The van der Waals surface area contributed by atoms with Crippen LogP contribution in [0.4, 0.5) is 32.2 Å². The molecule has 4 aliphatic heterocycles. The van der Waals surface area contributed by atoms with Crippen LogP contribution in [0.5, 0.6) is 0 Å². The Labute approximate surface area is 359 Å². The number of piperidine rings is 2. The second kappa shape index (κ2) is 18.1. The van der Waals surface area contributed by atoms with Gasteiger partial charge >= 0.3 is 6.03 Å². The number of hydrogen-bond acceptors (Lipinski definition) is 12. The number of carbonyl (C=O) groups is 5. The van der Waals surface area contributed by atoms with Gasteiger partial charge in [0, 0.05) is 76.1 Å². The van der Waals surface area contributed by atoms with Gasteiger partial charge in [-0.1, -0.05) is 32.9 Å². The van der Waals surface area contributed by atoms with Crippen molar-refractivity contribution < 1.29 is 33.5 Å². The second-order valence-electron chi connectivity index (χ2n) is 16.9. The Morgan fingerprint density at radius 1 is 0.952 bits per heavy atom. The summed E-state index contributed by atoms with van der Waals surface area (Å²) < 4.78 is 17.3. The molecular formula is C44H54FN11O6. The van der Waals surface area contributed by atoms with E-state index in [0.29, 0.717) is 50.1 Å². The number of carbonyl (C=O) groups excluding carboxylic acids is 5. The number of benzene rings is 2. The maximum atomic E-state index is 15.5. The lowest BCUT2D eigenvalue weighted by Gasteiger charge is -2.39. The Kier molecular flexibility index (Phi) is 12.4. The average molecular weight is 852 g/mol. The minimum Gasteiger partial charge on any atom is -0.394 e. The standard InChI is InChI=1S/C44H54FN11O6/c1-4-29(25-57)48-37-21-38(56-40(50-37)33(23-47-56)26(2)3)46-22-27-5-7-30(8-6-27)49-44(62)54-17-15-52(16-18-54)24-28-11-13-53(14-12-28)36-20-32-31(19-34(36)45)42(60)55(43(32)61)35-9-10-39(58)51-41(35)59/h5-8,19-21,23,26,28-29,35,46,57H,4,9-18,22,24-25H2,1-3H3,(H,48,50)(H,49,62)(H,51,58,59)/t29-,35?/m0/s1. The van der Waals surface area contributed by atoms with E-state index >= 15 is 4.39 Å². The number of imide groups is 2. The number of aliphatic hydroxyl groups excluding tert-OH is 1. The monoisotopic (exact) mass is 851 g/mol. The number of fused-ring (bicyclic) bond motifs is 2. The number of aliphatic hydroxyl groups is 1. The number of aromatic nitrogens is 3. The van der Waals surface area contributed by atoms with Gasteiger partial charge in [0.1, 0.15) is 23.5 Å². The maximum absolute atomic E-state index is 15.5. The van der Waals surface area contributed by atoms with Crippen molar-refractivity contribution in [2.45, 2.75) is 77.4 Å². The van der Waals surface area contributed by atoms with Crippen molar-refractivity contribution in [2.24, 2.45) is 5.92 Å². The molecule has 4 aromatic rings. The third-order valence-electron chi connectivity index (χ3n) is 12.5. The highest BCUT2D eigenvalue weighted by Gasteiger charge is 2.45. The first-order valence-corrected chi connectivity index (χ1v) is 21.6. The van der Waals surface area contributed by atoms with Crippen LogP contribution in [0.25, 0.3) is 5.65 Å². The van der Waals surface area contributed by atoms with E-state index in [4.69, 9.17) is 4.98 Å². The van der Waals surface area contributed by atoms with Gasteiger partial charge in [0.25, 0.3) is 11.8 Å². The second-order valence-corrected chi connectivity index (χ2v) is 16.9. The predicted octanol–water partition coefficient (Wildman–Crippen LogP) is 4.25. The SMILES string of the molecule is CC[C@@H](CO)Nc1cc(NCc2ccc(NC(=O)N3CCN(CC4CCN(c5cc6c(cc5F)C(=O)N(C5CCC(=O)NC5=O)C6=O)CC4)CC3)cc2)n2ncc(C(C)C)c2n1. The van der Waals surface area contributed by atoms with Crippen LogP contribution in [0.2, 0.25) is 0 Å². The molecule has 2 aromatic carbocycles. The Morgan fingerprint density at radius 2 is 1.66 bits per heavy atom. The topological polar surface area (TPSA) is 197 Å². The summed E-state index contributed by atoms with van der Waals surface area (Å²) in [5, 5.41) is 26.4. The molecule has 0 spiro atoms. The molecule has 2 aromatic heterocycles. The Bertz CT molecular complexity index is 2350. The molecule has 17 nitrogen and oxygen atoms in total. The van der Waals surface area contributed by atoms with Crippen LogP contribution in [0.3, 0.4) is 0 Å². The lowest BCUT2D eigenvalue weighted by molar-refractivity contribution is -0.136. The fourth-order valence-electron chi connectivity index (χ4n) is 8.75. The minimum atomic E-state index is -1.11. The Hall–Kier alpha value is -6.14. The van der Waals surface area contributed by atoms with Crippen molar-refractivity contribution in [3.8, 4) is 0 Å². The van der Waals surface area contributed by atoms with Crippen molar-refractivity contribution in [1.82, 2.24) is 34.6 Å². The lowest BCUT2D eigenvalue weighted by Crippen LogP contribution is -2.54. The molecule has 6 heterocycles. The normalized spacial score (nSPS) is 19.3. The molecule has 3 fully saturated rings. The molecule has 1 unspecified atom stereocenters. The van der Waals surface area contributed by atoms with Crippen LogP contribution >= 0.6 is 0 Å². The summed E-state index contributed by atoms with van der Waals surface area (Å²) in [6, 6.07) is 10.8. The predicted molar refractivity (Wildman–Crippen MR) is 231 cm³/mol. The van der Waals surface area contributed by atoms with Gasteiger partial charge in [0.15, 0.2) is 5.65 Å². The number of amides is 6.